The number of nitrogens with two attached hydrogens (primary N) is 1. The Labute approximate surface area is 195 Å². The van der Waals surface area contributed by atoms with Gasteiger partial charge in [0.1, 0.15) is 11.5 Å². The van der Waals surface area contributed by atoms with Crippen molar-refractivity contribution < 1.29 is 22.7 Å². The Balaban J connectivity index is 1.67. The number of rotatable bonds is 6. The summed E-state index contributed by atoms with van der Waals surface area (Å²) in [4.78, 5) is 27.7. The molecule has 0 saturated carbocycles. The summed E-state index contributed by atoms with van der Waals surface area (Å²) >= 11 is 0. The molecule has 3 aromatic heterocycles. The Morgan fingerprint density at radius 2 is 2.06 bits per heavy atom. The lowest BCUT2D eigenvalue weighted by molar-refractivity contribution is -0.137. The Kier molecular flexibility index (Phi) is 6.44. The van der Waals surface area contributed by atoms with E-state index >= 15 is 0 Å². The van der Waals surface area contributed by atoms with Gasteiger partial charge in [0.25, 0.3) is 5.91 Å². The number of carbonyl (C=O) groups excluding carboxylic acids is 1. The van der Waals surface area contributed by atoms with Crippen molar-refractivity contribution in [2.75, 3.05) is 12.3 Å². The monoisotopic (exact) mass is 473 g/mol. The minimum absolute atomic E-state index is 0.0687. The lowest BCUT2D eigenvalue weighted by Crippen LogP contribution is -2.35. The number of hydrogen-bond acceptors (Lipinski definition) is 6. The quantitative estimate of drug-likeness (QED) is 0.547. The van der Waals surface area contributed by atoms with E-state index in [0.717, 1.165) is 35.2 Å². The second-order valence-electron chi connectivity index (χ2n) is 8.66. The van der Waals surface area contributed by atoms with Crippen LogP contribution in [0.15, 0.2) is 30.6 Å². The van der Waals surface area contributed by atoms with Crippen molar-refractivity contribution in [3.05, 3.63) is 58.7 Å². The van der Waals surface area contributed by atoms with Gasteiger partial charge >= 0.3 is 6.18 Å². The number of nitrogens with zero attached hydrogens (tertiary/aromatic N) is 4. The van der Waals surface area contributed by atoms with Crippen LogP contribution in [0, 0.1) is 5.92 Å². The molecule has 0 radical (unpaired) electrons. The van der Waals surface area contributed by atoms with E-state index in [1.165, 1.54) is 12.3 Å². The molecular weight excluding hydrogens is 447 g/mol. The standard InChI is InChI=1S/C24H26F3N5O2/c1-4-13(2)10-32(11-16-6-5-15(8-29-16)24(25,26)27)23(33)19-7-17-18-12-34-14(3)21(18)22(28)31-20(17)9-30-19/h5-9,13-14H,4,10-12H2,1-3H3,(H2,28,31)/t13?,14-/m1/s1. The third kappa shape index (κ3) is 4.68. The van der Waals surface area contributed by atoms with Crippen LogP contribution in [0.25, 0.3) is 10.9 Å². The number of halogens is 3. The first kappa shape index (κ1) is 23.9. The van der Waals surface area contributed by atoms with Gasteiger partial charge < -0.3 is 15.4 Å². The first-order valence-electron chi connectivity index (χ1n) is 11.1. The second kappa shape index (κ2) is 9.17. The highest BCUT2D eigenvalue weighted by Crippen LogP contribution is 2.38. The number of carbonyl (C=O) groups is 1. The SMILES string of the molecule is CCC(C)CN(Cc1ccc(C(F)(F)F)cn1)C(=O)c1cc2c3c(c(N)nc2cn1)[C@@H](C)OC3. The molecule has 0 bridgehead atoms. The highest BCUT2D eigenvalue weighted by Gasteiger charge is 2.31. The van der Waals surface area contributed by atoms with E-state index in [2.05, 4.69) is 15.0 Å². The molecule has 1 unspecified atom stereocenters. The van der Waals surface area contributed by atoms with Gasteiger partial charge in [-0.3, -0.25) is 9.78 Å². The molecule has 0 aliphatic carbocycles. The molecule has 4 rings (SSSR count). The summed E-state index contributed by atoms with van der Waals surface area (Å²) in [6.45, 7) is 6.76. The molecule has 34 heavy (non-hydrogen) atoms. The third-order valence-electron chi connectivity index (χ3n) is 6.17. The largest absolute Gasteiger partial charge is 0.417 e. The zero-order chi connectivity index (χ0) is 24.6. The minimum Gasteiger partial charge on any atom is -0.383 e. The van der Waals surface area contributed by atoms with Gasteiger partial charge in [-0.05, 0) is 36.6 Å². The van der Waals surface area contributed by atoms with Crippen molar-refractivity contribution in [2.45, 2.75) is 52.6 Å². The van der Waals surface area contributed by atoms with Crippen LogP contribution in [0.3, 0.4) is 0 Å². The molecule has 3 aromatic rings. The van der Waals surface area contributed by atoms with Gasteiger partial charge in [-0.1, -0.05) is 20.3 Å². The molecule has 2 N–H and O–H groups in total. The zero-order valence-corrected chi connectivity index (χ0v) is 19.2. The van der Waals surface area contributed by atoms with Crippen molar-refractivity contribution in [3.63, 3.8) is 0 Å². The predicted octanol–water partition coefficient (Wildman–Crippen LogP) is 4.91. The lowest BCUT2D eigenvalue weighted by Gasteiger charge is -2.25. The van der Waals surface area contributed by atoms with E-state index in [0.29, 0.717) is 30.2 Å². The number of hydrogen-bond donors (Lipinski definition) is 1. The number of nitrogen functional groups attached to an aromatic ring is 1. The Hall–Kier alpha value is -3.27. The predicted molar refractivity (Wildman–Crippen MR) is 121 cm³/mol. The summed E-state index contributed by atoms with van der Waals surface area (Å²) in [5.74, 6) is 0.236. The summed E-state index contributed by atoms with van der Waals surface area (Å²) in [5, 5.41) is 0.753. The molecule has 1 amide bonds. The fraction of sp³-hybridized carbons (Fsp3) is 0.417. The second-order valence-corrected chi connectivity index (χ2v) is 8.66. The topological polar surface area (TPSA) is 94.2 Å². The van der Waals surface area contributed by atoms with E-state index in [-0.39, 0.29) is 30.2 Å². The highest BCUT2D eigenvalue weighted by molar-refractivity contribution is 5.97. The number of anilines is 1. The first-order chi connectivity index (χ1) is 16.1. The molecule has 0 spiro atoms. The molecule has 1 aliphatic heterocycles. The van der Waals surface area contributed by atoms with Gasteiger partial charge in [-0.2, -0.15) is 13.2 Å². The van der Waals surface area contributed by atoms with Crippen LogP contribution in [0.4, 0.5) is 19.0 Å². The number of ether oxygens (including phenoxy) is 1. The number of amides is 1. The molecule has 7 nitrogen and oxygen atoms in total. The fourth-order valence-corrected chi connectivity index (χ4v) is 4.05. The maximum absolute atomic E-state index is 13.5. The third-order valence-corrected chi connectivity index (χ3v) is 6.17. The molecule has 0 aromatic carbocycles. The maximum atomic E-state index is 13.5. The van der Waals surface area contributed by atoms with Gasteiger partial charge in [0.2, 0.25) is 0 Å². The van der Waals surface area contributed by atoms with Gasteiger partial charge in [-0.25, -0.2) is 9.97 Å². The summed E-state index contributed by atoms with van der Waals surface area (Å²) < 4.78 is 44.4. The van der Waals surface area contributed by atoms with E-state index in [4.69, 9.17) is 10.5 Å². The van der Waals surface area contributed by atoms with Gasteiger partial charge in [0.05, 0.1) is 42.2 Å². The smallest absolute Gasteiger partial charge is 0.383 e. The number of fused-ring (bicyclic) bond motifs is 3. The molecule has 2 atom stereocenters. The first-order valence-corrected chi connectivity index (χ1v) is 11.1. The minimum atomic E-state index is -4.47. The summed E-state index contributed by atoms with van der Waals surface area (Å²) in [7, 11) is 0. The number of pyridine rings is 3. The van der Waals surface area contributed by atoms with Crippen LogP contribution in [0.1, 0.15) is 66.2 Å². The van der Waals surface area contributed by atoms with Gasteiger partial charge in [0, 0.05) is 23.7 Å². The van der Waals surface area contributed by atoms with Crippen LogP contribution >= 0.6 is 0 Å². The fourth-order valence-electron chi connectivity index (χ4n) is 4.05. The van der Waals surface area contributed by atoms with Crippen molar-refractivity contribution in [2.24, 2.45) is 5.92 Å². The van der Waals surface area contributed by atoms with E-state index < -0.39 is 11.7 Å². The van der Waals surface area contributed by atoms with Crippen molar-refractivity contribution in [1.82, 2.24) is 19.9 Å². The average Bonchev–Trinajstić information content (AvgIpc) is 3.20. The molecule has 180 valence electrons. The van der Waals surface area contributed by atoms with Crippen molar-refractivity contribution in [1.29, 1.82) is 0 Å². The van der Waals surface area contributed by atoms with E-state index in [9.17, 15) is 18.0 Å². The molecule has 4 heterocycles. The zero-order valence-electron chi connectivity index (χ0n) is 19.2. The van der Waals surface area contributed by atoms with E-state index in [1.54, 1.807) is 11.0 Å². The molecular formula is C24H26F3N5O2. The summed E-state index contributed by atoms with van der Waals surface area (Å²) in [5.41, 5.74) is 8.14. The van der Waals surface area contributed by atoms with Crippen LogP contribution in [0.5, 0.6) is 0 Å². The van der Waals surface area contributed by atoms with Crippen LogP contribution in [-0.4, -0.2) is 32.3 Å². The summed E-state index contributed by atoms with van der Waals surface area (Å²) in [6.07, 6.45) is -1.52. The molecule has 0 fully saturated rings. The Morgan fingerprint density at radius 3 is 2.71 bits per heavy atom. The highest BCUT2D eigenvalue weighted by atomic mass is 19.4. The Morgan fingerprint density at radius 1 is 1.29 bits per heavy atom. The van der Waals surface area contributed by atoms with Crippen molar-refractivity contribution >= 4 is 22.6 Å². The van der Waals surface area contributed by atoms with Crippen LogP contribution in [-0.2, 0) is 24.1 Å². The van der Waals surface area contributed by atoms with Gasteiger partial charge in [0.15, 0.2) is 0 Å². The molecule has 0 saturated heterocycles. The number of alkyl halides is 3. The maximum Gasteiger partial charge on any atom is 0.417 e. The number of aromatic nitrogens is 3. The van der Waals surface area contributed by atoms with E-state index in [1.807, 2.05) is 20.8 Å². The average molecular weight is 473 g/mol. The normalized spacial score (nSPS) is 16.5. The van der Waals surface area contributed by atoms with Gasteiger partial charge in [-0.15, -0.1) is 0 Å². The Bertz CT molecular complexity index is 1210. The van der Waals surface area contributed by atoms with Crippen molar-refractivity contribution in [3.8, 4) is 0 Å². The molecule has 10 heteroatoms. The summed E-state index contributed by atoms with van der Waals surface area (Å²) in [6, 6.07) is 3.96. The van der Waals surface area contributed by atoms with Crippen LogP contribution < -0.4 is 5.73 Å². The lowest BCUT2D eigenvalue weighted by atomic mass is 10.0. The molecule has 1 aliphatic rings. The van der Waals surface area contributed by atoms with Crippen LogP contribution in [0.2, 0.25) is 0 Å².